The van der Waals surface area contributed by atoms with Gasteiger partial charge in [-0.15, -0.1) is 0 Å². The lowest BCUT2D eigenvalue weighted by Crippen LogP contribution is -2.23. The lowest BCUT2D eigenvalue weighted by molar-refractivity contribution is -0.117. The number of nitriles is 1. The maximum atomic E-state index is 12.2. The Labute approximate surface area is 153 Å². The van der Waals surface area contributed by atoms with Gasteiger partial charge in [0.25, 0.3) is 5.91 Å². The van der Waals surface area contributed by atoms with Crippen molar-refractivity contribution in [1.29, 1.82) is 5.26 Å². The molecule has 0 unspecified atom stereocenters. The van der Waals surface area contributed by atoms with Crippen LogP contribution in [0, 0.1) is 11.3 Å². The molecule has 0 aliphatic heterocycles. The zero-order chi connectivity index (χ0) is 18.8. The topological polar surface area (TPSA) is 84.5 Å². The molecule has 6 nitrogen and oxygen atoms in total. The Kier molecular flexibility index (Phi) is 7.31. The largest absolute Gasteiger partial charge is 0.490 e. The van der Waals surface area contributed by atoms with Gasteiger partial charge in [0.1, 0.15) is 17.4 Å². The molecule has 1 aromatic heterocycles. The molecule has 0 fully saturated rings. The summed E-state index contributed by atoms with van der Waals surface area (Å²) in [5.74, 6) is 1.38. The summed E-state index contributed by atoms with van der Waals surface area (Å²) in [6.45, 7) is 5.21. The van der Waals surface area contributed by atoms with Crippen LogP contribution in [0.5, 0.6) is 11.5 Å². The van der Waals surface area contributed by atoms with Gasteiger partial charge in [0.15, 0.2) is 11.5 Å². The van der Waals surface area contributed by atoms with Crippen LogP contribution in [0.3, 0.4) is 0 Å². The highest BCUT2D eigenvalue weighted by molar-refractivity contribution is 6.01. The summed E-state index contributed by atoms with van der Waals surface area (Å²) < 4.78 is 16.4. The molecule has 0 spiro atoms. The minimum absolute atomic E-state index is 0.00114. The van der Waals surface area contributed by atoms with Gasteiger partial charge in [-0.1, -0.05) is 13.0 Å². The lowest BCUT2D eigenvalue weighted by Gasteiger charge is -2.12. The Bertz CT molecular complexity index is 789. The highest BCUT2D eigenvalue weighted by atomic mass is 16.5. The average Bonchev–Trinajstić information content (AvgIpc) is 3.17. The number of nitrogens with one attached hydrogen (secondary N) is 1. The van der Waals surface area contributed by atoms with Crippen molar-refractivity contribution in [3.05, 3.63) is 53.5 Å². The lowest BCUT2D eigenvalue weighted by atomic mass is 10.1. The SMILES string of the molecule is CCCOc1ccc(/C=C(\C#N)C(=O)NCc2ccco2)cc1OCC. The van der Waals surface area contributed by atoms with Crippen LogP contribution in [-0.4, -0.2) is 19.1 Å². The van der Waals surface area contributed by atoms with Crippen LogP contribution >= 0.6 is 0 Å². The first-order valence-electron chi connectivity index (χ1n) is 8.50. The van der Waals surface area contributed by atoms with Gasteiger partial charge in [0.05, 0.1) is 26.0 Å². The fourth-order valence-electron chi connectivity index (χ4n) is 2.21. The minimum Gasteiger partial charge on any atom is -0.490 e. The Morgan fingerprint density at radius 1 is 1.27 bits per heavy atom. The first-order valence-corrected chi connectivity index (χ1v) is 8.50. The molecule has 0 bridgehead atoms. The van der Waals surface area contributed by atoms with Crippen LogP contribution in [0.2, 0.25) is 0 Å². The van der Waals surface area contributed by atoms with E-state index in [0.717, 1.165) is 6.42 Å². The van der Waals surface area contributed by atoms with Crippen LogP contribution in [-0.2, 0) is 11.3 Å². The summed E-state index contributed by atoms with van der Waals surface area (Å²) in [6.07, 6.45) is 3.94. The summed E-state index contributed by atoms with van der Waals surface area (Å²) >= 11 is 0. The smallest absolute Gasteiger partial charge is 0.262 e. The molecule has 0 atom stereocenters. The van der Waals surface area contributed by atoms with Gasteiger partial charge in [0.2, 0.25) is 0 Å². The Morgan fingerprint density at radius 3 is 2.77 bits per heavy atom. The second-order valence-electron chi connectivity index (χ2n) is 5.42. The van der Waals surface area contributed by atoms with Crippen LogP contribution < -0.4 is 14.8 Å². The maximum absolute atomic E-state index is 12.2. The standard InChI is InChI=1S/C20H22N2O4/c1-3-9-26-18-8-7-15(12-19(18)24-4-2)11-16(13-21)20(23)22-14-17-6-5-10-25-17/h5-8,10-12H,3-4,9,14H2,1-2H3,(H,22,23)/b16-11+. The summed E-state index contributed by atoms with van der Waals surface area (Å²) in [7, 11) is 0. The second kappa shape index (κ2) is 9.94. The molecule has 0 aliphatic carbocycles. The van der Waals surface area contributed by atoms with E-state index >= 15 is 0 Å². The first kappa shape index (κ1) is 19.1. The monoisotopic (exact) mass is 354 g/mol. The van der Waals surface area contributed by atoms with Gasteiger partial charge in [-0.05, 0) is 49.2 Å². The Balaban J connectivity index is 2.14. The van der Waals surface area contributed by atoms with E-state index in [-0.39, 0.29) is 12.1 Å². The zero-order valence-electron chi connectivity index (χ0n) is 15.0. The van der Waals surface area contributed by atoms with Gasteiger partial charge >= 0.3 is 0 Å². The normalized spacial score (nSPS) is 10.9. The molecular weight excluding hydrogens is 332 g/mol. The van der Waals surface area contributed by atoms with Crippen molar-refractivity contribution in [3.63, 3.8) is 0 Å². The fourth-order valence-corrected chi connectivity index (χ4v) is 2.21. The van der Waals surface area contributed by atoms with E-state index in [0.29, 0.717) is 36.0 Å². The second-order valence-corrected chi connectivity index (χ2v) is 5.42. The molecular formula is C20H22N2O4. The van der Waals surface area contributed by atoms with Crippen LogP contribution in [0.1, 0.15) is 31.6 Å². The van der Waals surface area contributed by atoms with Crippen molar-refractivity contribution < 1.29 is 18.7 Å². The maximum Gasteiger partial charge on any atom is 0.262 e. The molecule has 0 saturated carbocycles. The quantitative estimate of drug-likeness (QED) is 0.548. The highest BCUT2D eigenvalue weighted by Crippen LogP contribution is 2.29. The fraction of sp³-hybridized carbons (Fsp3) is 0.300. The van der Waals surface area contributed by atoms with E-state index in [1.807, 2.05) is 19.9 Å². The van der Waals surface area contributed by atoms with Crippen molar-refractivity contribution in [3.8, 4) is 17.6 Å². The van der Waals surface area contributed by atoms with Crippen LogP contribution in [0.25, 0.3) is 6.08 Å². The molecule has 2 rings (SSSR count). The molecule has 1 amide bonds. The predicted octanol–water partition coefficient (Wildman–Crippen LogP) is 3.69. The highest BCUT2D eigenvalue weighted by Gasteiger charge is 2.11. The number of carbonyl (C=O) groups is 1. The van der Waals surface area contributed by atoms with Gasteiger partial charge in [-0.25, -0.2) is 0 Å². The van der Waals surface area contributed by atoms with E-state index in [2.05, 4.69) is 5.32 Å². The average molecular weight is 354 g/mol. The number of carbonyl (C=O) groups excluding carboxylic acids is 1. The molecule has 1 aromatic carbocycles. The molecule has 2 aromatic rings. The molecule has 1 N–H and O–H groups in total. The molecule has 136 valence electrons. The van der Waals surface area contributed by atoms with Crippen molar-refractivity contribution >= 4 is 12.0 Å². The molecule has 0 aliphatic rings. The number of hydrogen-bond acceptors (Lipinski definition) is 5. The van der Waals surface area contributed by atoms with Crippen LogP contribution in [0.4, 0.5) is 0 Å². The molecule has 1 heterocycles. The molecule has 26 heavy (non-hydrogen) atoms. The first-order chi connectivity index (χ1) is 12.7. The number of nitrogens with zero attached hydrogens (tertiary/aromatic N) is 1. The third-order valence-corrected chi connectivity index (χ3v) is 3.41. The third-order valence-electron chi connectivity index (χ3n) is 3.41. The number of benzene rings is 1. The number of furan rings is 1. The van der Waals surface area contributed by atoms with E-state index < -0.39 is 5.91 Å². The van der Waals surface area contributed by atoms with Gasteiger partial charge in [0, 0.05) is 0 Å². The number of amides is 1. The van der Waals surface area contributed by atoms with Gasteiger partial charge < -0.3 is 19.2 Å². The van der Waals surface area contributed by atoms with Crippen molar-refractivity contribution in [2.45, 2.75) is 26.8 Å². The molecule has 0 saturated heterocycles. The van der Waals surface area contributed by atoms with E-state index in [4.69, 9.17) is 13.9 Å². The number of hydrogen-bond donors (Lipinski definition) is 1. The van der Waals surface area contributed by atoms with E-state index in [9.17, 15) is 10.1 Å². The van der Waals surface area contributed by atoms with Crippen molar-refractivity contribution in [1.82, 2.24) is 5.32 Å². The molecule has 6 heteroatoms. The summed E-state index contributed by atoms with van der Waals surface area (Å²) in [5.41, 5.74) is 0.684. The summed E-state index contributed by atoms with van der Waals surface area (Å²) in [4.78, 5) is 12.2. The third kappa shape index (κ3) is 5.42. The van der Waals surface area contributed by atoms with E-state index in [1.165, 1.54) is 12.3 Å². The van der Waals surface area contributed by atoms with Crippen LogP contribution in [0.15, 0.2) is 46.6 Å². The Morgan fingerprint density at radius 2 is 2.12 bits per heavy atom. The summed E-state index contributed by atoms with van der Waals surface area (Å²) in [6, 6.07) is 10.7. The van der Waals surface area contributed by atoms with E-state index in [1.54, 1.807) is 30.3 Å². The number of rotatable bonds is 9. The summed E-state index contributed by atoms with van der Waals surface area (Å²) in [5, 5.41) is 12.0. The predicted molar refractivity (Wildman–Crippen MR) is 97.5 cm³/mol. The number of ether oxygens (including phenoxy) is 2. The van der Waals surface area contributed by atoms with Gasteiger partial charge in [-0.3, -0.25) is 4.79 Å². The van der Waals surface area contributed by atoms with Crippen molar-refractivity contribution in [2.24, 2.45) is 0 Å². The van der Waals surface area contributed by atoms with Crippen molar-refractivity contribution in [2.75, 3.05) is 13.2 Å². The Hall–Kier alpha value is -3.20. The minimum atomic E-state index is -0.465. The van der Waals surface area contributed by atoms with Gasteiger partial charge in [-0.2, -0.15) is 5.26 Å². The molecule has 0 radical (unpaired) electrons. The zero-order valence-corrected chi connectivity index (χ0v) is 15.0.